The van der Waals surface area contributed by atoms with E-state index in [9.17, 15) is 35.5 Å². The maximum absolute atomic E-state index is 12.8. The van der Waals surface area contributed by atoms with E-state index in [0.717, 1.165) is 61.5 Å². The fourth-order valence-electron chi connectivity index (χ4n) is 4.07. The number of hydrogen-bond donors (Lipinski definition) is 1. The minimum absolute atomic E-state index is 0.174. The van der Waals surface area contributed by atoms with Gasteiger partial charge in [0.05, 0.1) is 11.5 Å². The highest BCUT2D eigenvalue weighted by atomic mass is 32.2. The Hall–Kier alpha value is -1.84. The Kier molecular flexibility index (Phi) is 10.2. The van der Waals surface area contributed by atoms with Gasteiger partial charge in [0, 0.05) is 30.1 Å². The standard InChI is InChI=1S/C24H34F5NO3S/c1-19-18-30(22-12-11-20(31)17-21(19)22)14-8-6-4-2-3-5-7-9-15-34(32,33)16-10-13-23(25,26)24(27,28)29/h11-12,17-18,31H,2-10,13-16H2,1H3. The predicted octanol–water partition coefficient (Wildman–Crippen LogP) is 7.17. The number of nitrogens with zero attached hydrogens (tertiary/aromatic N) is 1. The Labute approximate surface area is 198 Å². The van der Waals surface area contributed by atoms with E-state index in [0.29, 0.717) is 12.8 Å². The van der Waals surface area contributed by atoms with Crippen LogP contribution in [0.15, 0.2) is 24.4 Å². The third-order valence-electron chi connectivity index (χ3n) is 6.03. The average Bonchev–Trinajstić information content (AvgIpc) is 3.03. The van der Waals surface area contributed by atoms with Gasteiger partial charge in [-0.05, 0) is 49.9 Å². The van der Waals surface area contributed by atoms with Crippen LogP contribution >= 0.6 is 0 Å². The van der Waals surface area contributed by atoms with E-state index in [1.54, 1.807) is 12.1 Å². The molecule has 0 aliphatic heterocycles. The van der Waals surface area contributed by atoms with Crippen LogP contribution in [0.3, 0.4) is 0 Å². The Morgan fingerprint density at radius 2 is 1.41 bits per heavy atom. The summed E-state index contributed by atoms with van der Waals surface area (Å²) in [6.07, 6.45) is 1.42. The van der Waals surface area contributed by atoms with E-state index in [1.807, 2.05) is 13.0 Å². The van der Waals surface area contributed by atoms with E-state index in [2.05, 4.69) is 10.8 Å². The highest BCUT2D eigenvalue weighted by Crippen LogP contribution is 2.38. The van der Waals surface area contributed by atoms with Crippen LogP contribution in [0.1, 0.15) is 69.8 Å². The van der Waals surface area contributed by atoms with Crippen molar-refractivity contribution in [1.29, 1.82) is 0 Å². The summed E-state index contributed by atoms with van der Waals surface area (Å²) in [5.74, 6) is -5.40. The summed E-state index contributed by atoms with van der Waals surface area (Å²) in [7, 11) is -3.61. The molecule has 0 aliphatic rings. The van der Waals surface area contributed by atoms with E-state index in [-0.39, 0.29) is 11.5 Å². The van der Waals surface area contributed by atoms with Gasteiger partial charge in [-0.3, -0.25) is 0 Å². The summed E-state index contributed by atoms with van der Waals surface area (Å²) in [6, 6.07) is 5.39. The number of hydrogen-bond acceptors (Lipinski definition) is 3. The Morgan fingerprint density at radius 3 is 2.03 bits per heavy atom. The second kappa shape index (κ2) is 12.2. The Balaban J connectivity index is 1.52. The minimum Gasteiger partial charge on any atom is -0.508 e. The number of halogens is 5. The fraction of sp³-hybridized carbons (Fsp3) is 0.667. The van der Waals surface area contributed by atoms with E-state index < -0.39 is 40.5 Å². The zero-order chi connectivity index (χ0) is 25.4. The number of rotatable bonds is 15. The van der Waals surface area contributed by atoms with Crippen LogP contribution in [-0.4, -0.2) is 41.7 Å². The molecule has 0 unspecified atom stereocenters. The van der Waals surface area contributed by atoms with Gasteiger partial charge in [0.15, 0.2) is 0 Å². The molecule has 194 valence electrons. The number of phenols is 1. The van der Waals surface area contributed by atoms with Crippen molar-refractivity contribution in [2.75, 3.05) is 11.5 Å². The van der Waals surface area contributed by atoms with Gasteiger partial charge in [-0.1, -0.05) is 38.5 Å². The van der Waals surface area contributed by atoms with Crippen LogP contribution < -0.4 is 0 Å². The van der Waals surface area contributed by atoms with Gasteiger partial charge in [-0.25, -0.2) is 8.42 Å². The number of aryl methyl sites for hydroxylation is 2. The Bertz CT molecular complexity index is 1020. The molecule has 1 aromatic heterocycles. The second-order valence-electron chi connectivity index (χ2n) is 8.99. The summed E-state index contributed by atoms with van der Waals surface area (Å²) in [4.78, 5) is 0. The average molecular weight is 512 g/mol. The van der Waals surface area contributed by atoms with Crippen molar-refractivity contribution in [3.63, 3.8) is 0 Å². The van der Waals surface area contributed by atoms with Crippen molar-refractivity contribution in [3.05, 3.63) is 30.0 Å². The predicted molar refractivity (Wildman–Crippen MR) is 124 cm³/mol. The molecule has 0 spiro atoms. The molecule has 0 atom stereocenters. The van der Waals surface area contributed by atoms with Gasteiger partial charge < -0.3 is 9.67 Å². The lowest BCUT2D eigenvalue weighted by atomic mass is 10.1. The molecule has 0 radical (unpaired) electrons. The van der Waals surface area contributed by atoms with Crippen molar-refractivity contribution >= 4 is 20.7 Å². The van der Waals surface area contributed by atoms with Crippen LogP contribution in [0.25, 0.3) is 10.9 Å². The van der Waals surface area contributed by atoms with Crippen molar-refractivity contribution in [2.45, 2.75) is 89.8 Å². The van der Waals surface area contributed by atoms with E-state index >= 15 is 0 Å². The Morgan fingerprint density at radius 1 is 0.853 bits per heavy atom. The SMILES string of the molecule is Cc1cn(CCCCCCCCCCS(=O)(=O)CCCC(F)(F)C(F)(F)F)c2ccc(O)cc12. The maximum atomic E-state index is 12.8. The van der Waals surface area contributed by atoms with Crippen molar-refractivity contribution in [2.24, 2.45) is 0 Å². The molecule has 1 N–H and O–H groups in total. The molecular formula is C24H34F5NO3S. The highest BCUT2D eigenvalue weighted by molar-refractivity contribution is 7.91. The van der Waals surface area contributed by atoms with Gasteiger partial charge in [-0.15, -0.1) is 0 Å². The normalized spacial score (nSPS) is 13.1. The monoisotopic (exact) mass is 511 g/mol. The molecular weight excluding hydrogens is 477 g/mol. The molecule has 0 amide bonds. The molecule has 0 saturated heterocycles. The molecule has 10 heteroatoms. The van der Waals surface area contributed by atoms with E-state index in [1.165, 1.54) is 0 Å². The van der Waals surface area contributed by atoms with Gasteiger partial charge >= 0.3 is 12.1 Å². The fourth-order valence-corrected chi connectivity index (χ4v) is 5.50. The molecule has 2 rings (SSSR count). The van der Waals surface area contributed by atoms with Crippen molar-refractivity contribution in [1.82, 2.24) is 4.57 Å². The summed E-state index contributed by atoms with van der Waals surface area (Å²) in [6.45, 7) is 2.93. The third-order valence-corrected chi connectivity index (χ3v) is 7.85. The number of unbranched alkanes of at least 4 members (excludes halogenated alkanes) is 7. The molecule has 34 heavy (non-hydrogen) atoms. The summed E-state index contributed by atoms with van der Waals surface area (Å²) < 4.78 is 87.9. The molecule has 1 aromatic carbocycles. The van der Waals surface area contributed by atoms with Crippen LogP contribution in [0.4, 0.5) is 22.0 Å². The lowest BCUT2D eigenvalue weighted by Crippen LogP contribution is -2.36. The molecule has 4 nitrogen and oxygen atoms in total. The number of aromatic hydroxyl groups is 1. The number of phenolic OH excluding ortho intramolecular Hbond substituents is 1. The van der Waals surface area contributed by atoms with Gasteiger partial charge in [0.2, 0.25) is 0 Å². The second-order valence-corrected chi connectivity index (χ2v) is 11.3. The zero-order valence-corrected chi connectivity index (χ0v) is 20.3. The smallest absolute Gasteiger partial charge is 0.453 e. The van der Waals surface area contributed by atoms with E-state index in [4.69, 9.17) is 0 Å². The lowest BCUT2D eigenvalue weighted by molar-refractivity contribution is -0.284. The van der Waals surface area contributed by atoms with Gasteiger partial charge in [-0.2, -0.15) is 22.0 Å². The first-order chi connectivity index (χ1) is 15.8. The number of sulfone groups is 1. The number of alkyl halides is 5. The molecule has 0 bridgehead atoms. The van der Waals surface area contributed by atoms with Crippen molar-refractivity contribution < 1.29 is 35.5 Å². The summed E-state index contributed by atoms with van der Waals surface area (Å²) in [5.41, 5.74) is 2.24. The van der Waals surface area contributed by atoms with Crippen LogP contribution in [0, 0.1) is 6.92 Å². The maximum Gasteiger partial charge on any atom is 0.453 e. The highest BCUT2D eigenvalue weighted by Gasteiger charge is 2.56. The lowest BCUT2D eigenvalue weighted by Gasteiger charge is -2.19. The number of aromatic nitrogens is 1. The van der Waals surface area contributed by atoms with Crippen LogP contribution in [0.5, 0.6) is 5.75 Å². The summed E-state index contributed by atoms with van der Waals surface area (Å²) >= 11 is 0. The number of benzene rings is 1. The van der Waals surface area contributed by atoms with Crippen molar-refractivity contribution in [3.8, 4) is 5.75 Å². The zero-order valence-electron chi connectivity index (χ0n) is 19.5. The van der Waals surface area contributed by atoms with Crippen LogP contribution in [0.2, 0.25) is 0 Å². The van der Waals surface area contributed by atoms with Crippen LogP contribution in [-0.2, 0) is 16.4 Å². The molecule has 0 fully saturated rings. The topological polar surface area (TPSA) is 59.3 Å². The largest absolute Gasteiger partial charge is 0.508 e. The third kappa shape index (κ3) is 8.74. The number of fused-ring (bicyclic) bond motifs is 1. The summed E-state index contributed by atoms with van der Waals surface area (Å²) in [5, 5.41) is 10.7. The minimum atomic E-state index is -5.64. The molecule has 0 saturated carbocycles. The molecule has 2 aromatic rings. The van der Waals surface area contributed by atoms with Gasteiger partial charge in [0.25, 0.3) is 0 Å². The van der Waals surface area contributed by atoms with Gasteiger partial charge in [0.1, 0.15) is 15.6 Å². The first kappa shape index (κ1) is 28.4. The first-order valence-electron chi connectivity index (χ1n) is 11.8. The molecule has 0 aliphatic carbocycles. The first-order valence-corrected chi connectivity index (χ1v) is 13.6. The molecule has 1 heterocycles. The quantitative estimate of drug-likeness (QED) is 0.204.